The van der Waals surface area contributed by atoms with E-state index in [0.717, 1.165) is 12.8 Å². The Morgan fingerprint density at radius 1 is 1.43 bits per heavy atom. The van der Waals surface area contributed by atoms with E-state index in [-0.39, 0.29) is 17.9 Å². The normalized spacial score (nSPS) is 22.0. The Morgan fingerprint density at radius 3 is 2.70 bits per heavy atom. The molecule has 1 aliphatic rings. The highest BCUT2D eigenvalue weighted by atomic mass is 35.5. The van der Waals surface area contributed by atoms with Crippen LogP contribution in [0.25, 0.3) is 0 Å². The van der Waals surface area contributed by atoms with Gasteiger partial charge < -0.3 is 9.64 Å². The number of ether oxygens (including phenoxy) is 1. The van der Waals surface area contributed by atoms with Gasteiger partial charge in [-0.05, 0) is 45.6 Å². The van der Waals surface area contributed by atoms with E-state index in [1.165, 1.54) is 11.3 Å². The molecule has 23 heavy (non-hydrogen) atoms. The molecular weight excluding hydrogens is 334 g/mol. The van der Waals surface area contributed by atoms with Crippen LogP contribution in [0.4, 0.5) is 4.79 Å². The fourth-order valence-electron chi connectivity index (χ4n) is 2.79. The Labute approximate surface area is 146 Å². The number of carbonyl (C=O) groups excluding carboxylic acids is 2. The minimum Gasteiger partial charge on any atom is -0.444 e. The second-order valence-electron chi connectivity index (χ2n) is 7.22. The van der Waals surface area contributed by atoms with Crippen LogP contribution in [0, 0.1) is 5.92 Å². The number of rotatable bonds is 3. The topological polar surface area (TPSA) is 46.6 Å². The largest absolute Gasteiger partial charge is 0.444 e. The molecule has 2 rings (SSSR count). The highest BCUT2D eigenvalue weighted by molar-refractivity contribution is 7.14. The number of nitrogens with zero attached hydrogens (tertiary/aromatic N) is 1. The molecule has 2 unspecified atom stereocenters. The van der Waals surface area contributed by atoms with Gasteiger partial charge in [0.25, 0.3) is 0 Å². The van der Waals surface area contributed by atoms with Crippen molar-refractivity contribution in [1.82, 2.24) is 4.90 Å². The van der Waals surface area contributed by atoms with Crippen molar-refractivity contribution >= 4 is 34.8 Å². The zero-order chi connectivity index (χ0) is 17.2. The molecule has 0 N–H and O–H groups in total. The number of piperidine rings is 1. The molecule has 0 aromatic carbocycles. The first-order valence-corrected chi connectivity index (χ1v) is 9.18. The molecular formula is C17H24ClNO3S. The van der Waals surface area contributed by atoms with Gasteiger partial charge >= 0.3 is 6.09 Å². The Bertz CT molecular complexity index is 579. The highest BCUT2D eigenvalue weighted by Crippen LogP contribution is 2.28. The minimum absolute atomic E-state index is 0.0285. The van der Waals surface area contributed by atoms with Gasteiger partial charge in [0.15, 0.2) is 5.78 Å². The molecule has 1 aliphatic heterocycles. The first-order valence-electron chi connectivity index (χ1n) is 7.92. The maximum Gasteiger partial charge on any atom is 0.410 e. The molecule has 1 saturated heterocycles. The predicted octanol–water partition coefficient (Wildman–Crippen LogP) is 5.01. The van der Waals surface area contributed by atoms with Crippen molar-refractivity contribution < 1.29 is 14.3 Å². The van der Waals surface area contributed by atoms with E-state index >= 15 is 0 Å². The van der Waals surface area contributed by atoms with Crippen LogP contribution in [-0.4, -0.2) is 35.0 Å². The quantitative estimate of drug-likeness (QED) is 0.714. The third kappa shape index (κ3) is 5.21. The Balaban J connectivity index is 2.08. The van der Waals surface area contributed by atoms with Gasteiger partial charge in [-0.3, -0.25) is 4.79 Å². The van der Waals surface area contributed by atoms with E-state index in [1.54, 1.807) is 16.3 Å². The van der Waals surface area contributed by atoms with Crippen LogP contribution in [0.15, 0.2) is 11.4 Å². The lowest BCUT2D eigenvalue weighted by molar-refractivity contribution is 0.00514. The summed E-state index contributed by atoms with van der Waals surface area (Å²) >= 11 is 7.25. The molecule has 6 heteroatoms. The van der Waals surface area contributed by atoms with Crippen LogP contribution in [0.2, 0.25) is 4.34 Å². The molecule has 2 atom stereocenters. The van der Waals surface area contributed by atoms with E-state index < -0.39 is 5.60 Å². The molecule has 0 bridgehead atoms. The molecule has 1 aromatic rings. The van der Waals surface area contributed by atoms with Crippen molar-refractivity contribution in [2.45, 2.75) is 58.6 Å². The van der Waals surface area contributed by atoms with Crippen LogP contribution in [-0.2, 0) is 4.74 Å². The highest BCUT2D eigenvalue weighted by Gasteiger charge is 2.34. The Morgan fingerprint density at radius 2 is 2.13 bits per heavy atom. The fourth-order valence-corrected chi connectivity index (χ4v) is 3.68. The lowest BCUT2D eigenvalue weighted by Crippen LogP contribution is -2.48. The van der Waals surface area contributed by atoms with Crippen molar-refractivity contribution in [3.8, 4) is 0 Å². The predicted molar refractivity (Wildman–Crippen MR) is 93.4 cm³/mol. The Hall–Kier alpha value is -1.07. The van der Waals surface area contributed by atoms with Crippen molar-refractivity contribution in [1.29, 1.82) is 0 Å². The number of hydrogen-bond acceptors (Lipinski definition) is 4. The SMILES string of the molecule is CC1CCN(C(=O)OC(C)(C)C)C(CC(=O)c2csc(Cl)c2)C1. The average Bonchev–Trinajstić information content (AvgIpc) is 2.83. The van der Waals surface area contributed by atoms with Crippen LogP contribution < -0.4 is 0 Å². The molecule has 1 amide bonds. The third-order valence-electron chi connectivity index (χ3n) is 3.92. The van der Waals surface area contributed by atoms with Gasteiger partial charge in [0, 0.05) is 30.0 Å². The van der Waals surface area contributed by atoms with E-state index in [9.17, 15) is 9.59 Å². The number of carbonyl (C=O) groups is 2. The number of amides is 1. The molecule has 128 valence electrons. The minimum atomic E-state index is -0.532. The van der Waals surface area contributed by atoms with Crippen molar-refractivity contribution in [2.75, 3.05) is 6.54 Å². The maximum atomic E-state index is 12.5. The van der Waals surface area contributed by atoms with Crippen LogP contribution in [0.1, 0.15) is 57.3 Å². The summed E-state index contributed by atoms with van der Waals surface area (Å²) in [5.41, 5.74) is 0.0950. The smallest absolute Gasteiger partial charge is 0.410 e. The molecule has 0 aliphatic carbocycles. The molecule has 4 nitrogen and oxygen atoms in total. The van der Waals surface area contributed by atoms with Crippen LogP contribution in [0.5, 0.6) is 0 Å². The van der Waals surface area contributed by atoms with Gasteiger partial charge in [0.1, 0.15) is 5.60 Å². The van der Waals surface area contributed by atoms with E-state index in [4.69, 9.17) is 16.3 Å². The van der Waals surface area contributed by atoms with Gasteiger partial charge in [0.05, 0.1) is 4.34 Å². The van der Waals surface area contributed by atoms with Crippen LogP contribution in [0.3, 0.4) is 0 Å². The lowest BCUT2D eigenvalue weighted by atomic mass is 9.89. The summed E-state index contributed by atoms with van der Waals surface area (Å²) in [7, 11) is 0. The summed E-state index contributed by atoms with van der Waals surface area (Å²) in [6.45, 7) is 8.35. The molecule has 0 spiro atoms. The summed E-state index contributed by atoms with van der Waals surface area (Å²) in [4.78, 5) is 26.6. The standard InChI is InChI=1S/C17H24ClNO3S/c1-11-5-6-19(16(21)22-17(2,3)4)13(7-11)9-14(20)12-8-15(18)23-10-12/h8,10-11,13H,5-7,9H2,1-4H3. The van der Waals surface area contributed by atoms with Gasteiger partial charge in [-0.2, -0.15) is 0 Å². The van der Waals surface area contributed by atoms with E-state index in [1.807, 2.05) is 20.8 Å². The van der Waals surface area contributed by atoms with E-state index in [2.05, 4.69) is 6.92 Å². The van der Waals surface area contributed by atoms with Gasteiger partial charge in [-0.25, -0.2) is 4.79 Å². The summed E-state index contributed by atoms with van der Waals surface area (Å²) in [5.74, 6) is 0.526. The summed E-state index contributed by atoms with van der Waals surface area (Å²) in [5, 5.41) is 1.77. The monoisotopic (exact) mass is 357 g/mol. The van der Waals surface area contributed by atoms with Gasteiger partial charge in [-0.15, -0.1) is 11.3 Å². The first-order chi connectivity index (χ1) is 10.7. The van der Waals surface area contributed by atoms with Crippen molar-refractivity contribution in [2.24, 2.45) is 5.92 Å². The summed E-state index contributed by atoms with van der Waals surface area (Å²) in [6.07, 6.45) is 1.75. The number of halogens is 1. The lowest BCUT2D eigenvalue weighted by Gasteiger charge is -2.38. The first kappa shape index (κ1) is 18.3. The third-order valence-corrected chi connectivity index (χ3v) is 5.01. The average molecular weight is 358 g/mol. The summed E-state index contributed by atoms with van der Waals surface area (Å²) < 4.78 is 6.10. The maximum absolute atomic E-state index is 12.5. The molecule has 2 heterocycles. The van der Waals surface area contributed by atoms with E-state index in [0.29, 0.717) is 28.8 Å². The number of likely N-dealkylation sites (tertiary alicyclic amines) is 1. The van der Waals surface area contributed by atoms with Gasteiger partial charge in [0.2, 0.25) is 0 Å². The second-order valence-corrected chi connectivity index (χ2v) is 8.77. The Kier molecular flexibility index (Phi) is 5.74. The number of ketones is 1. The van der Waals surface area contributed by atoms with Crippen molar-refractivity contribution in [3.63, 3.8) is 0 Å². The molecule has 1 aromatic heterocycles. The number of Topliss-reactive ketones (excluding diaryl/α,β-unsaturated/α-hetero) is 1. The summed E-state index contributed by atoms with van der Waals surface area (Å²) in [6, 6.07) is 1.58. The van der Waals surface area contributed by atoms with Gasteiger partial charge in [-0.1, -0.05) is 18.5 Å². The second kappa shape index (κ2) is 7.22. The van der Waals surface area contributed by atoms with Crippen molar-refractivity contribution in [3.05, 3.63) is 21.3 Å². The molecule has 0 saturated carbocycles. The molecule has 1 fully saturated rings. The number of thiophene rings is 1. The van der Waals surface area contributed by atoms with Crippen LogP contribution >= 0.6 is 22.9 Å². The zero-order valence-electron chi connectivity index (χ0n) is 14.1. The number of hydrogen-bond donors (Lipinski definition) is 0. The molecule has 0 radical (unpaired) electrons. The fraction of sp³-hybridized carbons (Fsp3) is 0.647. The zero-order valence-corrected chi connectivity index (χ0v) is 15.7.